The first-order chi connectivity index (χ1) is 11.4. The molecule has 24 heavy (non-hydrogen) atoms. The van der Waals surface area contributed by atoms with Crippen LogP contribution in [0, 0.1) is 7.14 Å². The number of nitrogens with one attached hydrogen (secondary N) is 1. The molecule has 1 heterocycles. The summed E-state index contributed by atoms with van der Waals surface area (Å²) >= 11 is 10.0. The van der Waals surface area contributed by atoms with Crippen molar-refractivity contribution in [3.05, 3.63) is 59.7 Å². The summed E-state index contributed by atoms with van der Waals surface area (Å²) in [5.74, 6) is -1.01. The van der Waals surface area contributed by atoms with E-state index in [0.29, 0.717) is 19.8 Å². The van der Waals surface area contributed by atoms with Crippen molar-refractivity contribution in [2.45, 2.75) is 0 Å². The molecule has 2 aromatic carbocycles. The Labute approximate surface area is 169 Å². The zero-order valence-electron chi connectivity index (χ0n) is 11.9. The van der Waals surface area contributed by atoms with Crippen LogP contribution < -0.4 is 10.4 Å². The highest BCUT2D eigenvalue weighted by Crippen LogP contribution is 2.30. The maximum atomic E-state index is 12.6. The number of hydrazine groups is 1. The molecule has 122 valence electrons. The minimum absolute atomic E-state index is 0.0327. The number of anilines is 1. The predicted octanol–water partition coefficient (Wildman–Crippen LogP) is 3.72. The number of rotatable bonds is 2. The molecule has 0 aromatic heterocycles. The summed E-state index contributed by atoms with van der Waals surface area (Å²) in [5, 5.41) is 11.7. The van der Waals surface area contributed by atoms with Crippen molar-refractivity contribution in [2.75, 3.05) is 5.01 Å². The standard InChI is InChI=1S/C16H9ClI2N2O3/c17-9-2-1-3-11(6-9)21-16(24)12(15(23)20-21)5-8-4-10(18)7-13(19)14(8)22/h1-7,22H,(H,20,23)/b12-5+. The smallest absolute Gasteiger partial charge is 0.282 e. The Morgan fingerprint density at radius 3 is 2.62 bits per heavy atom. The number of hydrogen-bond donors (Lipinski definition) is 2. The maximum Gasteiger partial charge on any atom is 0.282 e. The molecule has 1 aliphatic rings. The number of aromatic hydroxyl groups is 1. The molecule has 0 saturated carbocycles. The Bertz CT molecular complexity index is 899. The van der Waals surface area contributed by atoms with E-state index in [9.17, 15) is 14.7 Å². The van der Waals surface area contributed by atoms with E-state index in [1.54, 1.807) is 36.4 Å². The monoisotopic (exact) mass is 566 g/mol. The fourth-order valence-electron chi connectivity index (χ4n) is 2.21. The van der Waals surface area contributed by atoms with Crippen LogP contribution in [0.1, 0.15) is 5.56 Å². The third-order valence-electron chi connectivity index (χ3n) is 3.32. The molecule has 1 fully saturated rings. The zero-order chi connectivity index (χ0) is 17.4. The summed E-state index contributed by atoms with van der Waals surface area (Å²) in [5.41, 5.74) is 3.32. The van der Waals surface area contributed by atoms with E-state index in [-0.39, 0.29) is 11.3 Å². The number of phenols is 1. The van der Waals surface area contributed by atoms with Gasteiger partial charge in [-0.15, -0.1) is 0 Å². The lowest BCUT2D eigenvalue weighted by Gasteiger charge is -2.14. The lowest BCUT2D eigenvalue weighted by Crippen LogP contribution is -2.35. The van der Waals surface area contributed by atoms with Crippen molar-refractivity contribution in [3.8, 4) is 5.75 Å². The molecule has 0 radical (unpaired) electrons. The largest absolute Gasteiger partial charge is 0.506 e. The van der Waals surface area contributed by atoms with E-state index in [1.807, 2.05) is 22.6 Å². The third-order valence-corrected chi connectivity index (χ3v) is 5.00. The fraction of sp³-hybridized carbons (Fsp3) is 0. The number of nitrogens with zero attached hydrogens (tertiary/aromatic N) is 1. The van der Waals surface area contributed by atoms with Gasteiger partial charge < -0.3 is 5.11 Å². The second-order valence-electron chi connectivity index (χ2n) is 4.94. The highest BCUT2D eigenvalue weighted by Gasteiger charge is 2.34. The van der Waals surface area contributed by atoms with Gasteiger partial charge in [-0.3, -0.25) is 15.0 Å². The molecule has 0 unspecified atom stereocenters. The molecular formula is C16H9ClI2N2O3. The Hall–Kier alpha value is -1.33. The number of amides is 2. The van der Waals surface area contributed by atoms with E-state index >= 15 is 0 Å². The first kappa shape index (κ1) is 17.5. The number of carbonyl (C=O) groups is 2. The van der Waals surface area contributed by atoms with Gasteiger partial charge in [-0.1, -0.05) is 17.7 Å². The van der Waals surface area contributed by atoms with Gasteiger partial charge in [0, 0.05) is 14.2 Å². The SMILES string of the molecule is O=C1NN(c2cccc(Cl)c2)C(=O)/C1=C/c1cc(I)cc(I)c1O. The normalized spacial score (nSPS) is 16.0. The topological polar surface area (TPSA) is 69.6 Å². The van der Waals surface area contributed by atoms with Crippen molar-refractivity contribution >= 4 is 80.4 Å². The molecule has 5 nitrogen and oxygen atoms in total. The molecule has 8 heteroatoms. The van der Waals surface area contributed by atoms with Gasteiger partial charge >= 0.3 is 0 Å². The number of halogens is 3. The molecule has 0 aliphatic carbocycles. The van der Waals surface area contributed by atoms with Crippen LogP contribution in [0.3, 0.4) is 0 Å². The first-order valence-electron chi connectivity index (χ1n) is 6.67. The Balaban J connectivity index is 2.01. The lowest BCUT2D eigenvalue weighted by atomic mass is 10.1. The highest BCUT2D eigenvalue weighted by molar-refractivity contribution is 14.1. The van der Waals surface area contributed by atoms with E-state index < -0.39 is 11.8 Å². The number of hydrogen-bond acceptors (Lipinski definition) is 3. The summed E-state index contributed by atoms with van der Waals surface area (Å²) in [6, 6.07) is 10.1. The van der Waals surface area contributed by atoms with Gasteiger partial charge in [-0.2, -0.15) is 0 Å². The maximum absolute atomic E-state index is 12.6. The minimum atomic E-state index is -0.534. The molecule has 2 amide bonds. The quantitative estimate of drug-likeness (QED) is 0.331. The molecule has 0 spiro atoms. The summed E-state index contributed by atoms with van der Waals surface area (Å²) in [7, 11) is 0. The summed E-state index contributed by atoms with van der Waals surface area (Å²) in [6.07, 6.45) is 1.39. The molecule has 0 atom stereocenters. The van der Waals surface area contributed by atoms with Gasteiger partial charge in [-0.05, 0) is 81.6 Å². The molecule has 3 rings (SSSR count). The van der Waals surface area contributed by atoms with Gasteiger partial charge in [-0.25, -0.2) is 5.01 Å². The Kier molecular flexibility index (Phi) is 5.02. The van der Waals surface area contributed by atoms with Crippen molar-refractivity contribution in [3.63, 3.8) is 0 Å². The van der Waals surface area contributed by atoms with E-state index in [4.69, 9.17) is 11.6 Å². The van der Waals surface area contributed by atoms with Gasteiger partial charge in [0.15, 0.2) is 0 Å². The predicted molar refractivity (Wildman–Crippen MR) is 109 cm³/mol. The van der Waals surface area contributed by atoms with Crippen LogP contribution in [0.2, 0.25) is 5.02 Å². The number of benzene rings is 2. The Morgan fingerprint density at radius 2 is 1.92 bits per heavy atom. The van der Waals surface area contributed by atoms with Crippen LogP contribution in [0.5, 0.6) is 5.75 Å². The van der Waals surface area contributed by atoms with Crippen LogP contribution in [0.15, 0.2) is 42.0 Å². The van der Waals surface area contributed by atoms with E-state index in [0.717, 1.165) is 8.58 Å². The van der Waals surface area contributed by atoms with Crippen LogP contribution in [-0.4, -0.2) is 16.9 Å². The van der Waals surface area contributed by atoms with Crippen LogP contribution in [0.4, 0.5) is 5.69 Å². The Morgan fingerprint density at radius 1 is 1.17 bits per heavy atom. The van der Waals surface area contributed by atoms with Gasteiger partial charge in [0.2, 0.25) is 0 Å². The average molecular weight is 567 g/mol. The van der Waals surface area contributed by atoms with E-state index in [2.05, 4.69) is 28.0 Å². The molecule has 2 aromatic rings. The summed E-state index contributed by atoms with van der Waals surface area (Å²) in [4.78, 5) is 24.7. The average Bonchev–Trinajstić information content (AvgIpc) is 2.80. The lowest BCUT2D eigenvalue weighted by molar-refractivity contribution is -0.117. The summed E-state index contributed by atoms with van der Waals surface area (Å²) in [6.45, 7) is 0. The van der Waals surface area contributed by atoms with Gasteiger partial charge in [0.05, 0.1) is 9.26 Å². The highest BCUT2D eigenvalue weighted by atomic mass is 127. The first-order valence-corrected chi connectivity index (χ1v) is 9.21. The van der Waals surface area contributed by atoms with Crippen molar-refractivity contribution in [2.24, 2.45) is 0 Å². The number of phenolic OH excluding ortho intramolecular Hbond substituents is 1. The molecule has 0 bridgehead atoms. The van der Waals surface area contributed by atoms with E-state index in [1.165, 1.54) is 6.08 Å². The van der Waals surface area contributed by atoms with Gasteiger partial charge in [0.25, 0.3) is 11.8 Å². The van der Waals surface area contributed by atoms with Crippen LogP contribution in [-0.2, 0) is 9.59 Å². The summed E-state index contributed by atoms with van der Waals surface area (Å²) < 4.78 is 1.53. The molecule has 1 saturated heterocycles. The fourth-order valence-corrected chi connectivity index (χ4v) is 4.28. The van der Waals surface area contributed by atoms with Crippen LogP contribution >= 0.6 is 56.8 Å². The van der Waals surface area contributed by atoms with Crippen LogP contribution in [0.25, 0.3) is 6.08 Å². The molecular weight excluding hydrogens is 557 g/mol. The second kappa shape index (κ2) is 6.89. The minimum Gasteiger partial charge on any atom is -0.506 e. The second-order valence-corrected chi connectivity index (χ2v) is 7.79. The molecule has 2 N–H and O–H groups in total. The molecule has 1 aliphatic heterocycles. The van der Waals surface area contributed by atoms with Crippen molar-refractivity contribution in [1.29, 1.82) is 0 Å². The number of carbonyl (C=O) groups excluding carboxylic acids is 2. The zero-order valence-corrected chi connectivity index (χ0v) is 17.0. The van der Waals surface area contributed by atoms with Gasteiger partial charge in [0.1, 0.15) is 11.3 Å². The van der Waals surface area contributed by atoms with Crippen molar-refractivity contribution in [1.82, 2.24) is 5.43 Å². The third kappa shape index (κ3) is 3.38. The van der Waals surface area contributed by atoms with Crippen molar-refractivity contribution < 1.29 is 14.7 Å².